The molecular formula is C13H20N4O2. The van der Waals surface area contributed by atoms with Crippen molar-refractivity contribution >= 4 is 5.91 Å². The van der Waals surface area contributed by atoms with Crippen LogP contribution in [-0.4, -0.2) is 71.2 Å². The first-order valence-corrected chi connectivity index (χ1v) is 6.50. The van der Waals surface area contributed by atoms with Crippen LogP contribution in [0.3, 0.4) is 0 Å². The zero-order chi connectivity index (χ0) is 13.7. The first-order chi connectivity index (χ1) is 9.20. The Bertz CT molecular complexity index is 404. The number of nitrogens with zero attached hydrogens (tertiary/aromatic N) is 3. The average Bonchev–Trinajstić information content (AvgIpc) is 2.48. The third-order valence-corrected chi connectivity index (χ3v) is 3.33. The number of carbonyl (C=O) groups excluding carboxylic acids is 1. The summed E-state index contributed by atoms with van der Waals surface area (Å²) in [7, 11) is 0. The Balaban J connectivity index is 1.85. The summed E-state index contributed by atoms with van der Waals surface area (Å²) in [5, 5.41) is 9.51. The van der Waals surface area contributed by atoms with Crippen molar-refractivity contribution in [3.63, 3.8) is 0 Å². The van der Waals surface area contributed by atoms with E-state index in [-0.39, 0.29) is 12.5 Å². The van der Waals surface area contributed by atoms with Crippen molar-refractivity contribution in [1.29, 1.82) is 0 Å². The van der Waals surface area contributed by atoms with Crippen LogP contribution in [0.4, 0.5) is 0 Å². The SMILES string of the molecule is NCC(O)CN1CCN(C(=O)c2ccncc2)CC1. The lowest BCUT2D eigenvalue weighted by molar-refractivity contribution is 0.0541. The van der Waals surface area contributed by atoms with E-state index in [1.807, 2.05) is 4.90 Å². The average molecular weight is 264 g/mol. The Morgan fingerprint density at radius 1 is 1.32 bits per heavy atom. The minimum absolute atomic E-state index is 0.0430. The van der Waals surface area contributed by atoms with E-state index in [2.05, 4.69) is 9.88 Å². The second kappa shape index (κ2) is 6.60. The third kappa shape index (κ3) is 3.73. The predicted octanol–water partition coefficient (Wildman–Crippen LogP) is -0.841. The van der Waals surface area contributed by atoms with Crippen molar-refractivity contribution in [3.8, 4) is 0 Å². The van der Waals surface area contributed by atoms with Gasteiger partial charge in [-0.1, -0.05) is 0 Å². The molecule has 6 heteroatoms. The molecule has 0 bridgehead atoms. The van der Waals surface area contributed by atoms with E-state index in [0.717, 1.165) is 13.1 Å². The van der Waals surface area contributed by atoms with E-state index in [9.17, 15) is 9.90 Å². The largest absolute Gasteiger partial charge is 0.390 e. The number of hydrogen-bond acceptors (Lipinski definition) is 5. The fourth-order valence-corrected chi connectivity index (χ4v) is 2.18. The molecule has 1 saturated heterocycles. The van der Waals surface area contributed by atoms with Gasteiger partial charge in [-0.3, -0.25) is 14.7 Å². The van der Waals surface area contributed by atoms with E-state index >= 15 is 0 Å². The van der Waals surface area contributed by atoms with E-state index < -0.39 is 6.10 Å². The number of amides is 1. The Kier molecular flexibility index (Phi) is 4.84. The summed E-state index contributed by atoms with van der Waals surface area (Å²) in [4.78, 5) is 20.1. The Morgan fingerprint density at radius 3 is 2.53 bits per heavy atom. The summed E-state index contributed by atoms with van der Waals surface area (Å²) < 4.78 is 0. The topological polar surface area (TPSA) is 82.7 Å². The van der Waals surface area contributed by atoms with Gasteiger partial charge >= 0.3 is 0 Å². The van der Waals surface area contributed by atoms with Crippen LogP contribution in [0.1, 0.15) is 10.4 Å². The van der Waals surface area contributed by atoms with Gasteiger partial charge in [-0.25, -0.2) is 0 Å². The fourth-order valence-electron chi connectivity index (χ4n) is 2.18. The zero-order valence-corrected chi connectivity index (χ0v) is 10.9. The van der Waals surface area contributed by atoms with Crippen LogP contribution in [0.15, 0.2) is 24.5 Å². The van der Waals surface area contributed by atoms with Gasteiger partial charge in [-0.15, -0.1) is 0 Å². The van der Waals surface area contributed by atoms with Crippen molar-refractivity contribution in [1.82, 2.24) is 14.8 Å². The van der Waals surface area contributed by atoms with Crippen molar-refractivity contribution in [2.24, 2.45) is 5.73 Å². The Morgan fingerprint density at radius 2 is 1.95 bits per heavy atom. The molecule has 0 saturated carbocycles. The molecule has 19 heavy (non-hydrogen) atoms. The molecule has 3 N–H and O–H groups in total. The number of pyridine rings is 1. The van der Waals surface area contributed by atoms with Gasteiger partial charge in [0.15, 0.2) is 0 Å². The van der Waals surface area contributed by atoms with Crippen LogP contribution >= 0.6 is 0 Å². The van der Waals surface area contributed by atoms with Gasteiger partial charge in [0.1, 0.15) is 0 Å². The monoisotopic (exact) mass is 264 g/mol. The normalized spacial score (nSPS) is 18.3. The number of nitrogens with two attached hydrogens (primary N) is 1. The molecule has 0 aromatic carbocycles. The molecular weight excluding hydrogens is 244 g/mol. The molecule has 1 atom stereocenters. The predicted molar refractivity (Wildman–Crippen MR) is 71.6 cm³/mol. The minimum atomic E-state index is -0.484. The molecule has 1 fully saturated rings. The van der Waals surface area contributed by atoms with Crippen LogP contribution in [0, 0.1) is 0 Å². The fraction of sp³-hybridized carbons (Fsp3) is 0.538. The molecule has 1 amide bonds. The van der Waals surface area contributed by atoms with Crippen LogP contribution in [0.5, 0.6) is 0 Å². The number of rotatable bonds is 4. The summed E-state index contributed by atoms with van der Waals surface area (Å²) in [5.74, 6) is 0.0430. The molecule has 1 aromatic rings. The van der Waals surface area contributed by atoms with Gasteiger partial charge in [-0.2, -0.15) is 0 Å². The summed E-state index contributed by atoms with van der Waals surface area (Å²) in [6.07, 6.45) is 2.77. The number of carbonyl (C=O) groups is 1. The minimum Gasteiger partial charge on any atom is -0.390 e. The van der Waals surface area contributed by atoms with Gasteiger partial charge in [0.2, 0.25) is 0 Å². The van der Waals surface area contributed by atoms with Crippen LogP contribution < -0.4 is 5.73 Å². The van der Waals surface area contributed by atoms with E-state index in [1.165, 1.54) is 0 Å². The van der Waals surface area contributed by atoms with Crippen LogP contribution in [-0.2, 0) is 0 Å². The van der Waals surface area contributed by atoms with E-state index in [1.54, 1.807) is 24.5 Å². The quantitative estimate of drug-likeness (QED) is 0.741. The zero-order valence-electron chi connectivity index (χ0n) is 10.9. The molecule has 0 radical (unpaired) electrons. The highest BCUT2D eigenvalue weighted by Gasteiger charge is 2.22. The lowest BCUT2D eigenvalue weighted by atomic mass is 10.2. The number of hydrogen-bond donors (Lipinski definition) is 2. The summed E-state index contributed by atoms with van der Waals surface area (Å²) in [6.45, 7) is 3.75. The lowest BCUT2D eigenvalue weighted by Crippen LogP contribution is -2.51. The number of β-amino-alcohol motifs (C(OH)–C–C–N with tert-alkyl or cyclic N) is 1. The maximum Gasteiger partial charge on any atom is 0.254 e. The molecule has 1 aliphatic heterocycles. The highest BCUT2D eigenvalue weighted by Crippen LogP contribution is 2.08. The van der Waals surface area contributed by atoms with Crippen LogP contribution in [0.25, 0.3) is 0 Å². The van der Waals surface area contributed by atoms with E-state index in [0.29, 0.717) is 25.2 Å². The molecule has 2 heterocycles. The number of aliphatic hydroxyl groups is 1. The number of aromatic nitrogens is 1. The first kappa shape index (κ1) is 13.9. The van der Waals surface area contributed by atoms with Gasteiger partial charge in [-0.05, 0) is 12.1 Å². The van der Waals surface area contributed by atoms with Crippen molar-refractivity contribution < 1.29 is 9.90 Å². The highest BCUT2D eigenvalue weighted by atomic mass is 16.3. The Hall–Kier alpha value is -1.50. The van der Waals surface area contributed by atoms with Crippen LogP contribution in [0.2, 0.25) is 0 Å². The number of piperazine rings is 1. The maximum atomic E-state index is 12.2. The smallest absolute Gasteiger partial charge is 0.254 e. The standard InChI is InChI=1S/C13H20N4O2/c14-9-12(18)10-16-5-7-17(8-6-16)13(19)11-1-3-15-4-2-11/h1-4,12,18H,5-10,14H2. The first-order valence-electron chi connectivity index (χ1n) is 6.50. The molecule has 1 aromatic heterocycles. The van der Waals surface area contributed by atoms with Crippen molar-refractivity contribution in [3.05, 3.63) is 30.1 Å². The Labute approximate surface area is 112 Å². The second-order valence-corrected chi connectivity index (χ2v) is 4.72. The summed E-state index contributed by atoms with van der Waals surface area (Å²) >= 11 is 0. The van der Waals surface area contributed by atoms with E-state index in [4.69, 9.17) is 5.73 Å². The highest BCUT2D eigenvalue weighted by molar-refractivity contribution is 5.94. The molecule has 104 valence electrons. The molecule has 0 aliphatic carbocycles. The van der Waals surface area contributed by atoms with Gasteiger partial charge in [0, 0.05) is 57.2 Å². The molecule has 1 unspecified atom stereocenters. The molecule has 6 nitrogen and oxygen atoms in total. The summed E-state index contributed by atoms with van der Waals surface area (Å²) in [6, 6.07) is 3.46. The van der Waals surface area contributed by atoms with Gasteiger partial charge in [0.25, 0.3) is 5.91 Å². The van der Waals surface area contributed by atoms with Gasteiger partial charge < -0.3 is 15.7 Å². The third-order valence-electron chi connectivity index (χ3n) is 3.33. The molecule has 2 rings (SSSR count). The number of aliphatic hydroxyl groups excluding tert-OH is 1. The lowest BCUT2D eigenvalue weighted by Gasteiger charge is -2.35. The van der Waals surface area contributed by atoms with Crippen molar-refractivity contribution in [2.75, 3.05) is 39.3 Å². The van der Waals surface area contributed by atoms with Crippen molar-refractivity contribution in [2.45, 2.75) is 6.10 Å². The molecule has 1 aliphatic rings. The molecule has 0 spiro atoms. The second-order valence-electron chi connectivity index (χ2n) is 4.72. The summed E-state index contributed by atoms with van der Waals surface area (Å²) in [5.41, 5.74) is 6.07. The maximum absolute atomic E-state index is 12.2. The van der Waals surface area contributed by atoms with Gasteiger partial charge in [0.05, 0.1) is 6.10 Å².